The lowest BCUT2D eigenvalue weighted by atomic mass is 9.75. The standard InChI is InChI=1S/C37H57N3O10/c1-11-28-37(8)32(42)22(4)30(49-37)20(2)16-36(7)33(48-35-29(41)27(40(9)10)15-21(3)46-35)23(5)31(24(6)34(43)47-28)44-18-25(19-45-36)39-50-26-13-12-14-38-17-26/h12-14,17,20-24,27-31,33,35,41H,11,15-16,18-19H2,1-10H3/b39-25+/t20-,21-,22?,23-,24-,27+,28-,29-,30?,31+,33-,35+,36+,37?/m1/s1. The lowest BCUT2D eigenvalue weighted by Crippen LogP contribution is -2.59. The fourth-order valence-corrected chi connectivity index (χ4v) is 8.47. The van der Waals surface area contributed by atoms with E-state index in [9.17, 15) is 14.7 Å². The summed E-state index contributed by atoms with van der Waals surface area (Å²) in [7, 11) is 3.85. The molecule has 13 nitrogen and oxygen atoms in total. The van der Waals surface area contributed by atoms with Crippen LogP contribution in [0.25, 0.3) is 0 Å². The van der Waals surface area contributed by atoms with Crippen LogP contribution >= 0.6 is 0 Å². The van der Waals surface area contributed by atoms with Crippen LogP contribution in [0.3, 0.4) is 0 Å². The van der Waals surface area contributed by atoms with E-state index in [0.717, 1.165) is 0 Å². The van der Waals surface area contributed by atoms with Crippen LogP contribution in [0.5, 0.6) is 5.75 Å². The van der Waals surface area contributed by atoms with Crippen LogP contribution in [-0.4, -0.2) is 120 Å². The van der Waals surface area contributed by atoms with Gasteiger partial charge in [0.05, 0.1) is 55.3 Å². The van der Waals surface area contributed by atoms with Gasteiger partial charge in [0.15, 0.2) is 23.4 Å². The Morgan fingerprint density at radius 3 is 2.48 bits per heavy atom. The lowest BCUT2D eigenvalue weighted by Gasteiger charge is -2.48. The number of Topliss-reactive ketones (excluding diaryl/α,β-unsaturated/α-hetero) is 1. The van der Waals surface area contributed by atoms with E-state index < -0.39 is 71.7 Å². The first-order chi connectivity index (χ1) is 23.6. The topological polar surface area (TPSA) is 147 Å². The number of fused-ring (bicyclic) bond motifs is 5. The van der Waals surface area contributed by atoms with Crippen LogP contribution in [0.4, 0.5) is 0 Å². The number of ether oxygens (including phenoxy) is 6. The summed E-state index contributed by atoms with van der Waals surface area (Å²) in [6.07, 6.45) is -0.302. The van der Waals surface area contributed by atoms with Gasteiger partial charge in [-0.3, -0.25) is 14.6 Å². The van der Waals surface area contributed by atoms with Gasteiger partial charge in [0.2, 0.25) is 0 Å². The molecule has 0 saturated carbocycles. The van der Waals surface area contributed by atoms with Crippen LogP contribution < -0.4 is 4.84 Å². The molecule has 4 aliphatic heterocycles. The first-order valence-electron chi connectivity index (χ1n) is 18.1. The summed E-state index contributed by atoms with van der Waals surface area (Å²) in [4.78, 5) is 39.7. The lowest BCUT2D eigenvalue weighted by molar-refractivity contribution is -0.302. The fraction of sp³-hybridized carbons (Fsp3) is 0.784. The Balaban J connectivity index is 1.61. The van der Waals surface area contributed by atoms with Crippen molar-refractivity contribution >= 4 is 17.5 Å². The molecular weight excluding hydrogens is 646 g/mol. The van der Waals surface area contributed by atoms with Crippen LogP contribution in [0, 0.1) is 23.7 Å². The zero-order valence-electron chi connectivity index (χ0n) is 31.2. The van der Waals surface area contributed by atoms with E-state index in [4.69, 9.17) is 33.3 Å². The Kier molecular flexibility index (Phi) is 12.1. The summed E-state index contributed by atoms with van der Waals surface area (Å²) in [6.45, 7) is 15.2. The number of aromatic nitrogens is 1. The Hall–Kier alpha value is -2.52. The third-order valence-electron chi connectivity index (χ3n) is 11.3. The number of nitrogens with zero attached hydrogens (tertiary/aromatic N) is 3. The number of esters is 1. The molecule has 0 aliphatic carbocycles. The Bertz CT molecular complexity index is 1360. The van der Waals surface area contributed by atoms with E-state index >= 15 is 0 Å². The highest BCUT2D eigenvalue weighted by molar-refractivity contribution is 5.92. The predicted octanol–water partition coefficient (Wildman–Crippen LogP) is 3.80. The van der Waals surface area contributed by atoms with Gasteiger partial charge < -0.3 is 43.3 Å². The van der Waals surface area contributed by atoms with E-state index in [1.807, 2.05) is 60.5 Å². The van der Waals surface area contributed by atoms with Crippen molar-refractivity contribution in [3.63, 3.8) is 0 Å². The van der Waals surface area contributed by atoms with E-state index in [0.29, 0.717) is 30.7 Å². The molecule has 0 spiro atoms. The van der Waals surface area contributed by atoms with Gasteiger partial charge in [0, 0.05) is 24.1 Å². The number of oxime groups is 1. The van der Waals surface area contributed by atoms with E-state index in [2.05, 4.69) is 10.1 Å². The number of ketones is 1. The smallest absolute Gasteiger partial charge is 0.311 e. The Labute approximate surface area is 296 Å². The molecule has 4 fully saturated rings. The van der Waals surface area contributed by atoms with Crippen molar-refractivity contribution in [1.82, 2.24) is 9.88 Å². The van der Waals surface area contributed by atoms with Gasteiger partial charge in [0.25, 0.3) is 0 Å². The van der Waals surface area contributed by atoms with Crippen LogP contribution in [0.15, 0.2) is 29.7 Å². The zero-order valence-corrected chi connectivity index (χ0v) is 31.2. The van der Waals surface area contributed by atoms with Crippen LogP contribution in [0.2, 0.25) is 0 Å². The van der Waals surface area contributed by atoms with Gasteiger partial charge >= 0.3 is 5.97 Å². The quantitative estimate of drug-likeness (QED) is 0.340. The van der Waals surface area contributed by atoms with Crippen molar-refractivity contribution in [3.8, 4) is 5.75 Å². The Morgan fingerprint density at radius 2 is 1.82 bits per heavy atom. The molecule has 5 heterocycles. The van der Waals surface area contributed by atoms with Crippen molar-refractivity contribution in [2.45, 2.75) is 135 Å². The van der Waals surface area contributed by atoms with Gasteiger partial charge in [-0.05, 0) is 79.1 Å². The highest BCUT2D eigenvalue weighted by atomic mass is 16.7. The van der Waals surface area contributed by atoms with Gasteiger partial charge in [0.1, 0.15) is 17.9 Å². The summed E-state index contributed by atoms with van der Waals surface area (Å²) in [6, 6.07) is 3.28. The van der Waals surface area contributed by atoms with Crippen LogP contribution in [0.1, 0.15) is 74.7 Å². The SMILES string of the molecule is CC[C@H]1OC(=O)[C@H](C)[C@H]2OC/C(=N\Oc3cccnc3)CO[C@@](C)(C[C@@H](C)C3OC1(C)C(=O)C3C)[C@H](O[C@@H]1O[C@H](C)C[C@H](N(C)C)[C@H]1O)[C@@H]2C. The molecule has 0 amide bonds. The van der Waals surface area contributed by atoms with Gasteiger partial charge in [-0.1, -0.05) is 32.9 Å². The van der Waals surface area contributed by atoms with Crippen molar-refractivity contribution in [2.75, 3.05) is 27.3 Å². The first kappa shape index (κ1) is 38.7. The van der Waals surface area contributed by atoms with Crippen molar-refractivity contribution < 1.29 is 48.0 Å². The second-order valence-corrected chi connectivity index (χ2v) is 15.4. The number of carbonyl (C=O) groups is 2. The second kappa shape index (κ2) is 15.6. The van der Waals surface area contributed by atoms with Crippen molar-refractivity contribution in [1.29, 1.82) is 0 Å². The van der Waals surface area contributed by atoms with E-state index in [-0.39, 0.29) is 37.1 Å². The third kappa shape index (κ3) is 7.79. The maximum absolute atomic E-state index is 14.1. The molecular formula is C37H57N3O10. The second-order valence-electron chi connectivity index (χ2n) is 15.4. The number of hydrogen-bond donors (Lipinski definition) is 1. The minimum absolute atomic E-state index is 0.00368. The Morgan fingerprint density at radius 1 is 1.08 bits per heavy atom. The molecule has 0 aromatic carbocycles. The van der Waals surface area contributed by atoms with Gasteiger partial charge in [-0.15, -0.1) is 0 Å². The summed E-state index contributed by atoms with van der Waals surface area (Å²) < 4.78 is 39.4. The summed E-state index contributed by atoms with van der Waals surface area (Å²) in [5.41, 5.74) is -1.93. The largest absolute Gasteiger partial charge is 0.459 e. The molecule has 4 saturated heterocycles. The number of aliphatic hydroxyl groups is 1. The molecule has 4 bridgehead atoms. The molecule has 0 radical (unpaired) electrons. The number of rotatable bonds is 6. The highest BCUT2D eigenvalue weighted by Crippen LogP contribution is 2.45. The average molecular weight is 704 g/mol. The first-order valence-corrected chi connectivity index (χ1v) is 18.1. The maximum atomic E-state index is 14.1. The summed E-state index contributed by atoms with van der Waals surface area (Å²) in [5.74, 6) is -2.10. The predicted molar refractivity (Wildman–Crippen MR) is 183 cm³/mol. The number of pyridine rings is 1. The molecule has 14 atom stereocenters. The highest BCUT2D eigenvalue weighted by Gasteiger charge is 2.58. The molecule has 1 aromatic rings. The molecule has 4 aliphatic rings. The summed E-state index contributed by atoms with van der Waals surface area (Å²) >= 11 is 0. The number of aliphatic hydroxyl groups excluding tert-OH is 1. The molecule has 1 N–H and O–H groups in total. The number of carbonyl (C=O) groups excluding carboxylic acids is 2. The van der Waals surface area contributed by atoms with Crippen LogP contribution in [-0.2, 0) is 38.0 Å². The molecule has 5 rings (SSSR count). The van der Waals surface area contributed by atoms with Gasteiger partial charge in [-0.2, -0.15) is 0 Å². The monoisotopic (exact) mass is 703 g/mol. The zero-order chi connectivity index (χ0) is 36.5. The minimum Gasteiger partial charge on any atom is -0.459 e. The molecule has 1 aromatic heterocycles. The third-order valence-corrected chi connectivity index (χ3v) is 11.3. The molecule has 280 valence electrons. The number of cyclic esters (lactones) is 1. The molecule has 13 heteroatoms. The van der Waals surface area contributed by atoms with E-state index in [1.165, 1.54) is 0 Å². The van der Waals surface area contributed by atoms with Gasteiger partial charge in [-0.25, -0.2) is 0 Å². The minimum atomic E-state index is -1.30. The number of likely N-dealkylation sites (N-methyl/N-ethyl adjacent to an activating group) is 1. The van der Waals surface area contributed by atoms with E-state index in [1.54, 1.807) is 38.4 Å². The van der Waals surface area contributed by atoms with Crippen molar-refractivity contribution in [2.24, 2.45) is 28.8 Å². The van der Waals surface area contributed by atoms with Crippen molar-refractivity contribution in [3.05, 3.63) is 24.5 Å². The fourth-order valence-electron chi connectivity index (χ4n) is 8.47. The normalized spacial score (nSPS) is 44.0. The maximum Gasteiger partial charge on any atom is 0.311 e. The molecule has 50 heavy (non-hydrogen) atoms. The number of hydrogen-bond acceptors (Lipinski definition) is 13. The molecule has 3 unspecified atom stereocenters. The summed E-state index contributed by atoms with van der Waals surface area (Å²) in [5, 5.41) is 16.0. The average Bonchev–Trinajstić information content (AvgIpc) is 3.34.